The summed E-state index contributed by atoms with van der Waals surface area (Å²) in [6.45, 7) is 2.04. The van der Waals surface area contributed by atoms with Gasteiger partial charge in [-0.05, 0) is 43.3 Å². The number of hydrazone groups is 1. The topological polar surface area (TPSA) is 59.3 Å². The summed E-state index contributed by atoms with van der Waals surface area (Å²) in [6.07, 6.45) is 5.05. The van der Waals surface area contributed by atoms with E-state index in [1.54, 1.807) is 18.3 Å². The third kappa shape index (κ3) is 3.52. The van der Waals surface area contributed by atoms with E-state index in [1.165, 1.54) is 11.8 Å². The summed E-state index contributed by atoms with van der Waals surface area (Å²) in [6, 6.07) is 15.2. The SMILES string of the molecule is Cc1ccc(-n2cccc2C=NNC(=O)c2cccnc2Cl)cc1. The molecule has 3 aromatic rings. The highest BCUT2D eigenvalue weighted by Crippen LogP contribution is 2.13. The Hall–Kier alpha value is -2.92. The van der Waals surface area contributed by atoms with Gasteiger partial charge < -0.3 is 4.57 Å². The number of aryl methyl sites for hydroxylation is 1. The first kappa shape index (κ1) is 16.0. The van der Waals surface area contributed by atoms with E-state index in [4.69, 9.17) is 11.6 Å². The highest BCUT2D eigenvalue weighted by atomic mass is 35.5. The van der Waals surface area contributed by atoms with Crippen LogP contribution in [0.25, 0.3) is 5.69 Å². The van der Waals surface area contributed by atoms with Gasteiger partial charge in [0, 0.05) is 18.1 Å². The molecule has 0 bridgehead atoms. The Balaban J connectivity index is 1.74. The van der Waals surface area contributed by atoms with Gasteiger partial charge in [-0.25, -0.2) is 10.4 Å². The van der Waals surface area contributed by atoms with Gasteiger partial charge in [0.15, 0.2) is 0 Å². The van der Waals surface area contributed by atoms with Crippen LogP contribution in [0, 0.1) is 6.92 Å². The van der Waals surface area contributed by atoms with Crippen molar-refractivity contribution in [3.8, 4) is 5.69 Å². The zero-order valence-electron chi connectivity index (χ0n) is 13.0. The molecule has 0 saturated heterocycles. The Morgan fingerprint density at radius 2 is 2.00 bits per heavy atom. The van der Waals surface area contributed by atoms with Gasteiger partial charge in [-0.1, -0.05) is 29.3 Å². The maximum atomic E-state index is 12.0. The van der Waals surface area contributed by atoms with Crippen LogP contribution < -0.4 is 5.43 Å². The summed E-state index contributed by atoms with van der Waals surface area (Å²) in [5.41, 5.74) is 5.80. The predicted octanol–water partition coefficient (Wildman–Crippen LogP) is 3.60. The van der Waals surface area contributed by atoms with Crippen molar-refractivity contribution >= 4 is 23.7 Å². The first-order chi connectivity index (χ1) is 11.6. The average molecular weight is 339 g/mol. The minimum atomic E-state index is -0.405. The molecule has 0 atom stereocenters. The fourth-order valence-electron chi connectivity index (χ4n) is 2.21. The van der Waals surface area contributed by atoms with Crippen LogP contribution in [0.3, 0.4) is 0 Å². The number of pyridine rings is 1. The molecule has 0 aliphatic carbocycles. The van der Waals surface area contributed by atoms with Crippen LogP contribution in [0.2, 0.25) is 5.15 Å². The number of benzene rings is 1. The number of hydrogen-bond donors (Lipinski definition) is 1. The van der Waals surface area contributed by atoms with E-state index < -0.39 is 5.91 Å². The summed E-state index contributed by atoms with van der Waals surface area (Å²) < 4.78 is 1.98. The van der Waals surface area contributed by atoms with Gasteiger partial charge in [-0.2, -0.15) is 5.10 Å². The lowest BCUT2D eigenvalue weighted by Crippen LogP contribution is -2.18. The summed E-state index contributed by atoms with van der Waals surface area (Å²) in [5.74, 6) is -0.405. The van der Waals surface area contributed by atoms with E-state index in [9.17, 15) is 4.79 Å². The van der Waals surface area contributed by atoms with Crippen molar-refractivity contribution in [2.45, 2.75) is 6.92 Å². The summed E-state index contributed by atoms with van der Waals surface area (Å²) >= 11 is 5.89. The molecule has 0 unspecified atom stereocenters. The van der Waals surface area contributed by atoms with Gasteiger partial charge in [0.2, 0.25) is 0 Å². The standard InChI is InChI=1S/C18H15ClN4O/c1-13-6-8-14(9-7-13)23-11-3-4-15(23)12-21-22-18(24)16-5-2-10-20-17(16)19/h2-12H,1H3,(H,22,24). The third-order valence-electron chi connectivity index (χ3n) is 3.46. The Kier molecular flexibility index (Phi) is 4.72. The molecule has 1 aromatic carbocycles. The number of aromatic nitrogens is 2. The van der Waals surface area contributed by atoms with E-state index in [0.29, 0.717) is 0 Å². The van der Waals surface area contributed by atoms with Crippen LogP contribution >= 0.6 is 11.6 Å². The molecule has 2 heterocycles. The van der Waals surface area contributed by atoms with Gasteiger partial charge in [0.1, 0.15) is 5.15 Å². The molecule has 6 heteroatoms. The van der Waals surface area contributed by atoms with Gasteiger partial charge >= 0.3 is 0 Å². The number of nitrogens with zero attached hydrogens (tertiary/aromatic N) is 3. The quantitative estimate of drug-likeness (QED) is 0.449. The second-order valence-electron chi connectivity index (χ2n) is 5.18. The lowest BCUT2D eigenvalue weighted by molar-refractivity contribution is 0.0955. The van der Waals surface area contributed by atoms with Crippen molar-refractivity contribution in [3.63, 3.8) is 0 Å². The van der Waals surface area contributed by atoms with E-state index >= 15 is 0 Å². The van der Waals surface area contributed by atoms with Crippen LogP contribution in [0.4, 0.5) is 0 Å². The van der Waals surface area contributed by atoms with Crippen LogP contribution in [0.5, 0.6) is 0 Å². The third-order valence-corrected chi connectivity index (χ3v) is 3.76. The molecule has 3 rings (SSSR count). The fourth-order valence-corrected chi connectivity index (χ4v) is 2.42. The molecule has 0 aliphatic rings. The van der Waals surface area contributed by atoms with E-state index in [0.717, 1.165) is 11.4 Å². The maximum Gasteiger partial charge on any atom is 0.274 e. The predicted molar refractivity (Wildman–Crippen MR) is 94.8 cm³/mol. The molecular formula is C18H15ClN4O. The molecule has 0 radical (unpaired) electrons. The summed E-state index contributed by atoms with van der Waals surface area (Å²) in [4.78, 5) is 15.9. The van der Waals surface area contributed by atoms with Gasteiger partial charge in [0.05, 0.1) is 17.5 Å². The highest BCUT2D eigenvalue weighted by molar-refractivity contribution is 6.32. The van der Waals surface area contributed by atoms with Crippen LogP contribution in [0.1, 0.15) is 21.6 Å². The van der Waals surface area contributed by atoms with Crippen molar-refractivity contribution in [2.24, 2.45) is 5.10 Å². The van der Waals surface area contributed by atoms with Crippen molar-refractivity contribution in [3.05, 3.63) is 82.9 Å². The molecule has 1 N–H and O–H groups in total. The second kappa shape index (κ2) is 7.10. The monoisotopic (exact) mass is 338 g/mol. The molecule has 0 spiro atoms. The van der Waals surface area contributed by atoms with Crippen molar-refractivity contribution < 1.29 is 4.79 Å². The molecule has 5 nitrogen and oxygen atoms in total. The Bertz CT molecular complexity index is 884. The van der Waals surface area contributed by atoms with E-state index in [2.05, 4.69) is 15.5 Å². The largest absolute Gasteiger partial charge is 0.316 e. The highest BCUT2D eigenvalue weighted by Gasteiger charge is 2.09. The first-order valence-corrected chi connectivity index (χ1v) is 7.71. The number of rotatable bonds is 4. The van der Waals surface area contributed by atoms with Gasteiger partial charge in [-0.15, -0.1) is 0 Å². The molecule has 1 amide bonds. The zero-order chi connectivity index (χ0) is 16.9. The van der Waals surface area contributed by atoms with Crippen molar-refractivity contribution in [1.29, 1.82) is 0 Å². The minimum Gasteiger partial charge on any atom is -0.316 e. The number of amides is 1. The smallest absolute Gasteiger partial charge is 0.274 e. The lowest BCUT2D eigenvalue weighted by Gasteiger charge is -2.06. The normalized spacial score (nSPS) is 10.9. The average Bonchev–Trinajstić information content (AvgIpc) is 3.04. The number of nitrogens with one attached hydrogen (secondary N) is 1. The zero-order valence-corrected chi connectivity index (χ0v) is 13.7. The van der Waals surface area contributed by atoms with E-state index in [-0.39, 0.29) is 10.7 Å². The number of carbonyl (C=O) groups is 1. The van der Waals surface area contributed by atoms with Gasteiger partial charge in [0.25, 0.3) is 5.91 Å². The lowest BCUT2D eigenvalue weighted by atomic mass is 10.2. The second-order valence-corrected chi connectivity index (χ2v) is 5.54. The number of halogens is 1. The Morgan fingerprint density at radius 1 is 1.21 bits per heavy atom. The minimum absolute atomic E-state index is 0.147. The molecule has 0 saturated carbocycles. The Labute approximate surface area is 144 Å². The number of hydrogen-bond acceptors (Lipinski definition) is 3. The first-order valence-electron chi connectivity index (χ1n) is 7.33. The molecule has 0 fully saturated rings. The molecular weight excluding hydrogens is 324 g/mol. The molecule has 120 valence electrons. The summed E-state index contributed by atoms with van der Waals surface area (Å²) in [5, 5.41) is 4.15. The maximum absolute atomic E-state index is 12.0. The van der Waals surface area contributed by atoms with Crippen LogP contribution in [0.15, 0.2) is 66.0 Å². The van der Waals surface area contributed by atoms with E-state index in [1.807, 2.05) is 54.1 Å². The fraction of sp³-hybridized carbons (Fsp3) is 0.0556. The molecule has 24 heavy (non-hydrogen) atoms. The van der Waals surface area contributed by atoms with Crippen LogP contribution in [-0.4, -0.2) is 21.7 Å². The molecule has 2 aromatic heterocycles. The van der Waals surface area contributed by atoms with Crippen molar-refractivity contribution in [2.75, 3.05) is 0 Å². The van der Waals surface area contributed by atoms with Crippen molar-refractivity contribution in [1.82, 2.24) is 15.0 Å². The summed E-state index contributed by atoms with van der Waals surface area (Å²) in [7, 11) is 0. The number of carbonyl (C=O) groups excluding carboxylic acids is 1. The van der Waals surface area contributed by atoms with Crippen LogP contribution in [-0.2, 0) is 0 Å². The molecule has 0 aliphatic heterocycles. The van der Waals surface area contributed by atoms with Gasteiger partial charge in [-0.3, -0.25) is 4.79 Å². The Morgan fingerprint density at radius 3 is 2.75 bits per heavy atom.